The molecule has 0 saturated carbocycles. The molecule has 0 aromatic carbocycles. The van der Waals surface area contributed by atoms with Gasteiger partial charge < -0.3 is 23.8 Å². The van der Waals surface area contributed by atoms with Crippen LogP contribution in [0.3, 0.4) is 0 Å². The van der Waals surface area contributed by atoms with Gasteiger partial charge in [-0.05, 0) is 32.1 Å². The Hall–Kier alpha value is -1.93. The third-order valence-corrected chi connectivity index (χ3v) is 6.97. The van der Waals surface area contributed by atoms with Crippen LogP contribution in [0.25, 0.3) is 0 Å². The number of unbranched alkanes of at least 4 members (excludes halogenated alkanes) is 12. The van der Waals surface area contributed by atoms with Crippen LogP contribution in [0.1, 0.15) is 123 Å². The molecule has 0 radical (unpaired) electrons. The molecule has 40 heavy (non-hydrogen) atoms. The average Bonchev–Trinajstić information content (AvgIpc) is 2.89. The van der Waals surface area contributed by atoms with Gasteiger partial charge in [-0.25, -0.2) is 4.79 Å². The fourth-order valence-corrected chi connectivity index (χ4v) is 4.42. The number of carbonyl (C=O) groups is 3. The predicted molar refractivity (Wildman–Crippen MR) is 160 cm³/mol. The Kier molecular flexibility index (Phi) is 23.6. The number of hydrogen-bond donors (Lipinski definition) is 1. The van der Waals surface area contributed by atoms with Crippen molar-refractivity contribution in [2.24, 2.45) is 0 Å². The molecule has 8 nitrogen and oxygen atoms in total. The lowest BCUT2D eigenvalue weighted by molar-refractivity contribution is -0.887. The van der Waals surface area contributed by atoms with Crippen molar-refractivity contribution in [1.82, 2.24) is 0 Å². The van der Waals surface area contributed by atoms with E-state index in [0.717, 1.165) is 32.1 Å². The summed E-state index contributed by atoms with van der Waals surface area (Å²) in [4.78, 5) is 35.5. The van der Waals surface area contributed by atoms with E-state index in [0.29, 0.717) is 12.8 Å². The molecule has 0 bridgehead atoms. The highest BCUT2D eigenvalue weighted by molar-refractivity contribution is 5.72. The van der Waals surface area contributed by atoms with Gasteiger partial charge >= 0.3 is 17.9 Å². The fourth-order valence-electron chi connectivity index (χ4n) is 4.42. The third kappa shape index (κ3) is 22.8. The molecule has 2 atom stereocenters. The Bertz CT molecular complexity index is 687. The minimum atomic E-state index is -0.883. The molecule has 8 heteroatoms. The highest BCUT2D eigenvalue weighted by Gasteiger charge is 2.31. The summed E-state index contributed by atoms with van der Waals surface area (Å²) < 4.78 is 16.6. The number of hydrogen-bond acceptors (Lipinski definition) is 6. The zero-order chi connectivity index (χ0) is 30.1. The molecule has 0 fully saturated rings. The molecule has 0 rings (SSSR count). The molecule has 1 N–H and O–H groups in total. The Balaban J connectivity index is 4.08. The molecule has 0 aliphatic carbocycles. The fraction of sp³-hybridized carbons (Fsp3) is 0.844. The van der Waals surface area contributed by atoms with E-state index in [2.05, 4.69) is 19.1 Å². The molecule has 0 saturated heterocycles. The molecule has 0 aromatic rings. The normalized spacial score (nSPS) is 13.3. The predicted octanol–water partition coefficient (Wildman–Crippen LogP) is 6.85. The van der Waals surface area contributed by atoms with Gasteiger partial charge in [-0.15, -0.1) is 0 Å². The van der Waals surface area contributed by atoms with Crippen LogP contribution in [-0.2, 0) is 28.6 Å². The zero-order valence-electron chi connectivity index (χ0n) is 26.3. The molecule has 0 aliphatic heterocycles. The first kappa shape index (κ1) is 38.1. The van der Waals surface area contributed by atoms with Crippen LogP contribution in [0.15, 0.2) is 12.2 Å². The first-order valence-electron chi connectivity index (χ1n) is 15.7. The summed E-state index contributed by atoms with van der Waals surface area (Å²) in [5.41, 5.74) is 0. The number of ether oxygens (including phenoxy) is 3. The Morgan fingerprint density at radius 1 is 0.750 bits per heavy atom. The molecule has 0 amide bonds. The Morgan fingerprint density at radius 3 is 1.82 bits per heavy atom. The number of carboxylic acids is 1. The number of likely N-dealkylation sites (N-methyl/N-ethyl adjacent to an activating group) is 1. The second-order valence-corrected chi connectivity index (χ2v) is 11.7. The third-order valence-electron chi connectivity index (χ3n) is 6.97. The number of carbonyl (C=O) groups excluding carboxylic acids is 2. The largest absolute Gasteiger partial charge is 0.477 e. The first-order valence-corrected chi connectivity index (χ1v) is 15.7. The van der Waals surface area contributed by atoms with Crippen molar-refractivity contribution in [2.75, 3.05) is 41.0 Å². The SMILES string of the molecule is CCCCCCCCC/C=C\CCCCCCCC(=O)OC(COCCC(C(=O)O)[N+](C)(C)C)COC(=O)CC. The van der Waals surface area contributed by atoms with Gasteiger partial charge in [0, 0.05) is 19.3 Å². The molecule has 0 aliphatic rings. The summed E-state index contributed by atoms with van der Waals surface area (Å²) in [6.07, 6.45) is 21.8. The smallest absolute Gasteiger partial charge is 0.362 e. The van der Waals surface area contributed by atoms with Gasteiger partial charge in [0.15, 0.2) is 12.1 Å². The van der Waals surface area contributed by atoms with Crippen molar-refractivity contribution >= 4 is 17.9 Å². The zero-order valence-corrected chi connectivity index (χ0v) is 26.3. The summed E-state index contributed by atoms with van der Waals surface area (Å²) in [6.45, 7) is 4.15. The van der Waals surface area contributed by atoms with E-state index in [1.807, 2.05) is 21.1 Å². The lowest BCUT2D eigenvalue weighted by atomic mass is 10.1. The van der Waals surface area contributed by atoms with Gasteiger partial charge in [0.05, 0.1) is 34.4 Å². The lowest BCUT2D eigenvalue weighted by Gasteiger charge is -2.31. The summed E-state index contributed by atoms with van der Waals surface area (Å²) in [5.74, 6) is -1.58. The van der Waals surface area contributed by atoms with E-state index in [1.165, 1.54) is 57.8 Å². The number of nitrogens with zero attached hydrogens (tertiary/aromatic N) is 1. The maximum atomic E-state index is 12.4. The summed E-state index contributed by atoms with van der Waals surface area (Å²) >= 11 is 0. The molecule has 2 unspecified atom stereocenters. The van der Waals surface area contributed by atoms with E-state index >= 15 is 0 Å². The summed E-state index contributed by atoms with van der Waals surface area (Å²) in [5, 5.41) is 9.44. The van der Waals surface area contributed by atoms with E-state index in [1.54, 1.807) is 6.92 Å². The van der Waals surface area contributed by atoms with Gasteiger partial charge in [0.2, 0.25) is 0 Å². The number of aliphatic carboxylic acids is 1. The van der Waals surface area contributed by atoms with Gasteiger partial charge in [-0.1, -0.05) is 83.8 Å². The van der Waals surface area contributed by atoms with Crippen LogP contribution in [-0.4, -0.2) is 80.6 Å². The standard InChI is InChI=1S/C32H59NO7/c1-6-8-9-10-11-12-13-14-15-16-17-18-19-20-21-22-23-31(35)40-28(27-39-30(34)7-2)26-38-25-24-29(32(36)37)33(3,4)5/h15-16,28-29H,6-14,17-27H2,1-5H3/p+1/b16-15-. The van der Waals surface area contributed by atoms with Gasteiger partial charge in [0.25, 0.3) is 0 Å². The lowest BCUT2D eigenvalue weighted by Crippen LogP contribution is -2.50. The second kappa shape index (κ2) is 24.8. The highest BCUT2D eigenvalue weighted by atomic mass is 16.6. The van der Waals surface area contributed by atoms with E-state index in [9.17, 15) is 19.5 Å². The highest BCUT2D eigenvalue weighted by Crippen LogP contribution is 2.12. The quantitative estimate of drug-likeness (QED) is 0.0499. The van der Waals surface area contributed by atoms with Crippen LogP contribution in [0, 0.1) is 0 Å². The van der Waals surface area contributed by atoms with Crippen LogP contribution in [0.5, 0.6) is 0 Å². The van der Waals surface area contributed by atoms with Gasteiger partial charge in [0.1, 0.15) is 6.61 Å². The van der Waals surface area contributed by atoms with Crippen LogP contribution in [0.4, 0.5) is 0 Å². The summed E-state index contributed by atoms with van der Waals surface area (Å²) in [6, 6.07) is -0.607. The molecular formula is C32H60NO7+. The van der Waals surface area contributed by atoms with E-state index in [4.69, 9.17) is 14.2 Å². The van der Waals surface area contributed by atoms with Crippen LogP contribution in [0.2, 0.25) is 0 Å². The van der Waals surface area contributed by atoms with E-state index < -0.39 is 18.1 Å². The van der Waals surface area contributed by atoms with Gasteiger partial charge in [-0.3, -0.25) is 9.59 Å². The second-order valence-electron chi connectivity index (χ2n) is 11.7. The van der Waals surface area contributed by atoms with Crippen molar-refractivity contribution in [1.29, 1.82) is 0 Å². The van der Waals surface area contributed by atoms with Crippen molar-refractivity contribution in [2.45, 2.75) is 135 Å². The van der Waals surface area contributed by atoms with Crippen molar-refractivity contribution in [3.05, 3.63) is 12.2 Å². The molecular weight excluding hydrogens is 510 g/mol. The number of allylic oxidation sites excluding steroid dienone is 2. The first-order chi connectivity index (χ1) is 19.1. The molecule has 0 spiro atoms. The van der Waals surface area contributed by atoms with Crippen LogP contribution >= 0.6 is 0 Å². The van der Waals surface area contributed by atoms with Crippen molar-refractivity contribution in [3.63, 3.8) is 0 Å². The average molecular weight is 571 g/mol. The Morgan fingerprint density at radius 2 is 1.30 bits per heavy atom. The van der Waals surface area contributed by atoms with Crippen molar-refractivity contribution in [3.8, 4) is 0 Å². The minimum Gasteiger partial charge on any atom is -0.477 e. The molecule has 0 heterocycles. The molecule has 234 valence electrons. The number of esters is 2. The molecule has 0 aromatic heterocycles. The number of quaternary nitrogens is 1. The van der Waals surface area contributed by atoms with Crippen molar-refractivity contribution < 1.29 is 38.2 Å². The maximum Gasteiger partial charge on any atom is 0.362 e. The van der Waals surface area contributed by atoms with Gasteiger partial charge in [-0.2, -0.15) is 0 Å². The topological polar surface area (TPSA) is 99.1 Å². The monoisotopic (exact) mass is 570 g/mol. The van der Waals surface area contributed by atoms with Crippen LogP contribution < -0.4 is 0 Å². The number of rotatable bonds is 27. The maximum absolute atomic E-state index is 12.4. The van der Waals surface area contributed by atoms with E-state index in [-0.39, 0.29) is 42.7 Å². The Labute approximate surface area is 244 Å². The minimum absolute atomic E-state index is 0.0543. The number of carboxylic acid groups (broad SMARTS) is 1. The summed E-state index contributed by atoms with van der Waals surface area (Å²) in [7, 11) is 5.47.